The third-order valence-electron chi connectivity index (χ3n) is 5.16. The van der Waals surface area contributed by atoms with E-state index in [1.165, 1.54) is 30.3 Å². The molecule has 0 spiro atoms. The summed E-state index contributed by atoms with van der Waals surface area (Å²) in [6.07, 6.45) is 3.24. The molecule has 0 aromatic heterocycles. The van der Waals surface area contributed by atoms with E-state index in [1.54, 1.807) is 6.08 Å². The van der Waals surface area contributed by atoms with Crippen LogP contribution in [0.25, 0.3) is 0 Å². The molecule has 2 aromatic carbocycles. The van der Waals surface area contributed by atoms with Crippen molar-refractivity contribution in [1.82, 2.24) is 5.06 Å². The van der Waals surface area contributed by atoms with Gasteiger partial charge in [-0.3, -0.25) is 34.5 Å². The summed E-state index contributed by atoms with van der Waals surface area (Å²) >= 11 is 0. The lowest BCUT2D eigenvalue weighted by Gasteiger charge is -2.32. The number of para-hydroxylation sites is 1. The standard InChI is InChI=1S/C18H14N4O8S/c23-18-12-4-1-2-5-13(12)20(15-7-3-6-14(15)19(18)24)31(29,30)17-9-8-11(21(25)26)10-16(17)22(27)28/h1-5,7-10,14-15,24H,6H2/t14-,15+/m0/s1. The second-order valence-corrected chi connectivity index (χ2v) is 8.64. The van der Waals surface area contributed by atoms with Gasteiger partial charge in [-0.05, 0) is 24.6 Å². The monoisotopic (exact) mass is 446 g/mol. The number of hydrogen-bond acceptors (Lipinski definition) is 8. The first-order valence-electron chi connectivity index (χ1n) is 8.90. The Bertz CT molecular complexity index is 1260. The van der Waals surface area contributed by atoms with Crippen LogP contribution in [0, 0.1) is 20.2 Å². The van der Waals surface area contributed by atoms with Crippen LogP contribution in [0.2, 0.25) is 0 Å². The fourth-order valence-corrected chi connectivity index (χ4v) is 5.56. The molecule has 1 aliphatic heterocycles. The quantitative estimate of drug-likeness (QED) is 0.323. The highest BCUT2D eigenvalue weighted by molar-refractivity contribution is 7.93. The maximum Gasteiger partial charge on any atom is 0.296 e. The van der Waals surface area contributed by atoms with Crippen LogP contribution >= 0.6 is 0 Å². The lowest BCUT2D eigenvalue weighted by Crippen LogP contribution is -2.49. The first-order chi connectivity index (χ1) is 14.6. The van der Waals surface area contributed by atoms with E-state index in [2.05, 4.69) is 0 Å². The fourth-order valence-electron chi connectivity index (χ4n) is 3.76. The van der Waals surface area contributed by atoms with Gasteiger partial charge >= 0.3 is 0 Å². The Morgan fingerprint density at radius 3 is 2.45 bits per heavy atom. The van der Waals surface area contributed by atoms with Crippen molar-refractivity contribution in [2.45, 2.75) is 23.4 Å². The molecule has 2 atom stereocenters. The van der Waals surface area contributed by atoms with E-state index in [-0.39, 0.29) is 17.7 Å². The zero-order chi connectivity index (χ0) is 22.5. The Balaban J connectivity index is 1.98. The Morgan fingerprint density at radius 2 is 1.77 bits per heavy atom. The molecule has 0 fully saturated rings. The van der Waals surface area contributed by atoms with Crippen molar-refractivity contribution in [3.8, 4) is 0 Å². The van der Waals surface area contributed by atoms with E-state index in [0.717, 1.165) is 16.4 Å². The van der Waals surface area contributed by atoms with Crippen molar-refractivity contribution in [2.75, 3.05) is 4.31 Å². The maximum atomic E-state index is 13.7. The number of sulfonamides is 1. The molecule has 0 radical (unpaired) electrons. The largest absolute Gasteiger partial charge is 0.296 e. The molecule has 13 heteroatoms. The minimum absolute atomic E-state index is 0.0711. The highest BCUT2D eigenvalue weighted by atomic mass is 32.2. The van der Waals surface area contributed by atoms with Crippen LogP contribution in [0.1, 0.15) is 16.8 Å². The predicted octanol–water partition coefficient (Wildman–Crippen LogP) is 2.24. The number of non-ortho nitro benzene ring substituents is 1. The lowest BCUT2D eigenvalue weighted by atomic mass is 10.1. The number of nitro benzene ring substituents is 2. The number of fused-ring (bicyclic) bond motifs is 2. The minimum Gasteiger partial charge on any atom is -0.285 e. The second-order valence-electron chi connectivity index (χ2n) is 6.86. The highest BCUT2D eigenvalue weighted by Gasteiger charge is 2.47. The van der Waals surface area contributed by atoms with Gasteiger partial charge in [0.2, 0.25) is 0 Å². The van der Waals surface area contributed by atoms with Gasteiger partial charge in [-0.15, -0.1) is 0 Å². The van der Waals surface area contributed by atoms with Gasteiger partial charge in [0, 0.05) is 6.07 Å². The zero-order valence-corrected chi connectivity index (χ0v) is 16.4. The number of hydrogen-bond donors (Lipinski definition) is 1. The zero-order valence-electron chi connectivity index (χ0n) is 15.6. The van der Waals surface area contributed by atoms with Crippen molar-refractivity contribution in [1.29, 1.82) is 0 Å². The van der Waals surface area contributed by atoms with E-state index in [9.17, 15) is 38.6 Å². The maximum absolute atomic E-state index is 13.7. The molecule has 2 aliphatic rings. The van der Waals surface area contributed by atoms with Gasteiger partial charge in [0.1, 0.15) is 0 Å². The van der Waals surface area contributed by atoms with Gasteiger partial charge in [-0.1, -0.05) is 24.3 Å². The summed E-state index contributed by atoms with van der Waals surface area (Å²) in [7, 11) is -4.69. The highest BCUT2D eigenvalue weighted by Crippen LogP contribution is 2.40. The topological polar surface area (TPSA) is 164 Å². The van der Waals surface area contributed by atoms with Gasteiger partial charge in [-0.25, -0.2) is 13.5 Å². The normalized spacial score (nSPS) is 20.2. The second kappa shape index (κ2) is 7.14. The summed E-state index contributed by atoms with van der Waals surface area (Å²) in [6, 6.07) is 5.88. The lowest BCUT2D eigenvalue weighted by molar-refractivity contribution is -0.396. The number of benzene rings is 2. The van der Waals surface area contributed by atoms with Crippen LogP contribution in [0.3, 0.4) is 0 Å². The molecule has 0 unspecified atom stereocenters. The number of anilines is 1. The molecule has 2 aromatic rings. The molecule has 0 saturated heterocycles. The molecule has 1 N–H and O–H groups in total. The summed E-state index contributed by atoms with van der Waals surface area (Å²) in [5.41, 5.74) is -1.79. The Kier molecular flexibility index (Phi) is 4.71. The van der Waals surface area contributed by atoms with E-state index >= 15 is 0 Å². The molecular formula is C18H14N4O8S. The van der Waals surface area contributed by atoms with Crippen molar-refractivity contribution < 1.29 is 28.3 Å². The van der Waals surface area contributed by atoms with Crippen LogP contribution in [-0.4, -0.2) is 46.5 Å². The molecular weight excluding hydrogens is 432 g/mol. The average molecular weight is 446 g/mol. The smallest absolute Gasteiger partial charge is 0.285 e. The van der Waals surface area contributed by atoms with E-state index in [4.69, 9.17) is 0 Å². The summed E-state index contributed by atoms with van der Waals surface area (Å²) < 4.78 is 28.2. The number of nitro groups is 2. The number of carbonyl (C=O) groups is 1. The van der Waals surface area contributed by atoms with Gasteiger partial charge in [0.15, 0.2) is 4.90 Å². The predicted molar refractivity (Wildman–Crippen MR) is 105 cm³/mol. The number of rotatable bonds is 4. The SMILES string of the molecule is O=C1c2ccccc2N(S(=O)(=O)c2ccc([N+](=O)[O-])cc2[N+](=O)[O-])[C@@H]2C=CC[C@@H]2N1O. The molecule has 31 heavy (non-hydrogen) atoms. The van der Waals surface area contributed by atoms with Crippen molar-refractivity contribution in [2.24, 2.45) is 0 Å². The summed E-state index contributed by atoms with van der Waals surface area (Å²) in [5, 5.41) is 33.4. The average Bonchev–Trinajstić information content (AvgIpc) is 3.18. The molecule has 12 nitrogen and oxygen atoms in total. The summed E-state index contributed by atoms with van der Waals surface area (Å²) in [4.78, 5) is 32.6. The minimum atomic E-state index is -4.69. The van der Waals surface area contributed by atoms with Crippen molar-refractivity contribution in [3.05, 3.63) is 80.4 Å². The summed E-state index contributed by atoms with van der Waals surface area (Å²) in [5.74, 6) is -0.815. The third-order valence-corrected chi connectivity index (χ3v) is 7.02. The van der Waals surface area contributed by atoms with Gasteiger partial charge in [-0.2, -0.15) is 0 Å². The summed E-state index contributed by atoms with van der Waals surface area (Å²) in [6.45, 7) is 0. The van der Waals surface area contributed by atoms with E-state index in [0.29, 0.717) is 11.1 Å². The first kappa shape index (κ1) is 20.4. The van der Waals surface area contributed by atoms with Gasteiger partial charge in [0.25, 0.3) is 27.3 Å². The van der Waals surface area contributed by atoms with Crippen LogP contribution < -0.4 is 4.31 Å². The number of nitrogens with zero attached hydrogens (tertiary/aromatic N) is 4. The molecule has 0 saturated carbocycles. The number of carbonyl (C=O) groups excluding carboxylic acids is 1. The number of hydroxylamine groups is 2. The van der Waals surface area contributed by atoms with Crippen LogP contribution in [0.15, 0.2) is 59.5 Å². The number of amides is 1. The molecule has 4 rings (SSSR count). The fraction of sp³-hybridized carbons (Fsp3) is 0.167. The Hall–Kier alpha value is -3.84. The van der Waals surface area contributed by atoms with E-state index < -0.39 is 54.1 Å². The van der Waals surface area contributed by atoms with E-state index in [1.807, 2.05) is 0 Å². The molecule has 1 aliphatic carbocycles. The van der Waals surface area contributed by atoms with Crippen molar-refractivity contribution in [3.63, 3.8) is 0 Å². The van der Waals surface area contributed by atoms with Crippen molar-refractivity contribution >= 4 is 33.0 Å². The van der Waals surface area contributed by atoms with Crippen LogP contribution in [0.5, 0.6) is 0 Å². The molecule has 0 bridgehead atoms. The van der Waals surface area contributed by atoms with Crippen LogP contribution in [-0.2, 0) is 10.0 Å². The van der Waals surface area contributed by atoms with Gasteiger partial charge in [0.05, 0.1) is 39.2 Å². The first-order valence-corrected chi connectivity index (χ1v) is 10.3. The molecule has 1 amide bonds. The Labute approximate surface area is 174 Å². The Morgan fingerprint density at radius 1 is 1.06 bits per heavy atom. The van der Waals surface area contributed by atoms with Crippen LogP contribution in [0.4, 0.5) is 17.1 Å². The molecule has 1 heterocycles. The van der Waals surface area contributed by atoms with Gasteiger partial charge < -0.3 is 0 Å². The molecule has 160 valence electrons. The third kappa shape index (κ3) is 3.10.